The standard InChI is InChI=1S/C14H21N3O2/c1-10(2)7-17(8-13(18)19)14-11-5-3-4-6-12(11)15-9-16-14/h9-10H,3-8H2,1-2H3,(H,18,19). The second-order valence-corrected chi connectivity index (χ2v) is 5.50. The number of nitrogens with zero attached hydrogens (tertiary/aromatic N) is 3. The van der Waals surface area contributed by atoms with E-state index in [0.717, 1.165) is 42.8 Å². The lowest BCUT2D eigenvalue weighted by Crippen LogP contribution is -2.35. The Hall–Kier alpha value is -1.65. The summed E-state index contributed by atoms with van der Waals surface area (Å²) in [6.07, 6.45) is 5.80. The number of carbonyl (C=O) groups is 1. The molecule has 19 heavy (non-hydrogen) atoms. The molecule has 5 heteroatoms. The summed E-state index contributed by atoms with van der Waals surface area (Å²) in [5, 5.41) is 9.08. The van der Waals surface area contributed by atoms with E-state index in [4.69, 9.17) is 5.11 Å². The molecule has 1 aliphatic rings. The van der Waals surface area contributed by atoms with E-state index < -0.39 is 5.97 Å². The van der Waals surface area contributed by atoms with Crippen molar-refractivity contribution >= 4 is 11.8 Å². The second-order valence-electron chi connectivity index (χ2n) is 5.50. The van der Waals surface area contributed by atoms with Gasteiger partial charge in [0.25, 0.3) is 0 Å². The highest BCUT2D eigenvalue weighted by Crippen LogP contribution is 2.27. The smallest absolute Gasteiger partial charge is 0.323 e. The maximum atomic E-state index is 11.0. The first kappa shape index (κ1) is 13.8. The summed E-state index contributed by atoms with van der Waals surface area (Å²) in [6.45, 7) is 4.88. The highest BCUT2D eigenvalue weighted by atomic mass is 16.4. The molecular formula is C14H21N3O2. The molecule has 0 amide bonds. The van der Waals surface area contributed by atoms with E-state index in [1.165, 1.54) is 0 Å². The van der Waals surface area contributed by atoms with Crippen LogP contribution in [0.15, 0.2) is 6.33 Å². The molecule has 0 radical (unpaired) electrons. The number of carboxylic acid groups (broad SMARTS) is 1. The lowest BCUT2D eigenvalue weighted by Gasteiger charge is -2.28. The number of anilines is 1. The summed E-state index contributed by atoms with van der Waals surface area (Å²) in [4.78, 5) is 21.6. The minimum Gasteiger partial charge on any atom is -0.480 e. The third kappa shape index (κ3) is 3.43. The Morgan fingerprint density at radius 2 is 2.11 bits per heavy atom. The van der Waals surface area contributed by atoms with Crippen LogP contribution < -0.4 is 4.90 Å². The summed E-state index contributed by atoms with van der Waals surface area (Å²) in [5.41, 5.74) is 2.24. The lowest BCUT2D eigenvalue weighted by molar-refractivity contribution is -0.135. The summed E-state index contributed by atoms with van der Waals surface area (Å²) in [7, 11) is 0. The predicted molar refractivity (Wildman–Crippen MR) is 73.4 cm³/mol. The second kappa shape index (κ2) is 5.99. The van der Waals surface area contributed by atoms with Crippen LogP contribution in [0.5, 0.6) is 0 Å². The van der Waals surface area contributed by atoms with Gasteiger partial charge in [-0.25, -0.2) is 9.97 Å². The molecule has 0 fully saturated rings. The molecule has 104 valence electrons. The maximum absolute atomic E-state index is 11.0. The normalized spacial score (nSPS) is 14.3. The summed E-state index contributed by atoms with van der Waals surface area (Å²) >= 11 is 0. The largest absolute Gasteiger partial charge is 0.480 e. The highest BCUT2D eigenvalue weighted by molar-refractivity contribution is 5.73. The van der Waals surface area contributed by atoms with Crippen molar-refractivity contribution in [3.8, 4) is 0 Å². The Labute approximate surface area is 113 Å². The van der Waals surface area contributed by atoms with E-state index in [1.54, 1.807) is 6.33 Å². The van der Waals surface area contributed by atoms with Gasteiger partial charge >= 0.3 is 5.97 Å². The molecular weight excluding hydrogens is 242 g/mol. The van der Waals surface area contributed by atoms with Crippen molar-refractivity contribution in [1.82, 2.24) is 9.97 Å². The van der Waals surface area contributed by atoms with Gasteiger partial charge in [-0.3, -0.25) is 4.79 Å². The van der Waals surface area contributed by atoms with E-state index in [-0.39, 0.29) is 6.54 Å². The van der Waals surface area contributed by atoms with E-state index in [1.807, 2.05) is 4.90 Å². The molecule has 1 heterocycles. The van der Waals surface area contributed by atoms with E-state index >= 15 is 0 Å². The third-order valence-corrected chi connectivity index (χ3v) is 3.31. The Bertz CT molecular complexity index is 460. The molecule has 0 atom stereocenters. The first-order valence-corrected chi connectivity index (χ1v) is 6.87. The molecule has 0 aliphatic heterocycles. The average Bonchev–Trinajstić information content (AvgIpc) is 2.36. The van der Waals surface area contributed by atoms with Gasteiger partial charge < -0.3 is 10.0 Å². The number of hydrogen-bond donors (Lipinski definition) is 1. The van der Waals surface area contributed by atoms with Crippen LogP contribution in [0.1, 0.15) is 37.9 Å². The lowest BCUT2D eigenvalue weighted by atomic mass is 9.96. The van der Waals surface area contributed by atoms with Crippen molar-refractivity contribution < 1.29 is 9.90 Å². The van der Waals surface area contributed by atoms with Crippen LogP contribution in [0.3, 0.4) is 0 Å². The van der Waals surface area contributed by atoms with Gasteiger partial charge in [0.15, 0.2) is 0 Å². The maximum Gasteiger partial charge on any atom is 0.323 e. The zero-order chi connectivity index (χ0) is 13.8. The van der Waals surface area contributed by atoms with E-state index in [9.17, 15) is 4.79 Å². The van der Waals surface area contributed by atoms with E-state index in [0.29, 0.717) is 12.5 Å². The van der Waals surface area contributed by atoms with Gasteiger partial charge in [-0.2, -0.15) is 0 Å². The van der Waals surface area contributed by atoms with Crippen LogP contribution in [-0.4, -0.2) is 34.1 Å². The molecule has 0 aromatic carbocycles. The monoisotopic (exact) mass is 263 g/mol. The summed E-state index contributed by atoms with van der Waals surface area (Å²) in [5.74, 6) is 0.401. The van der Waals surface area contributed by atoms with Gasteiger partial charge in [-0.05, 0) is 31.6 Å². The summed E-state index contributed by atoms with van der Waals surface area (Å²) in [6, 6.07) is 0. The zero-order valence-corrected chi connectivity index (χ0v) is 11.6. The molecule has 1 N–H and O–H groups in total. The number of hydrogen-bond acceptors (Lipinski definition) is 4. The first-order valence-electron chi connectivity index (χ1n) is 6.87. The fourth-order valence-corrected chi connectivity index (χ4v) is 2.61. The van der Waals surface area contributed by atoms with Crippen LogP contribution in [-0.2, 0) is 17.6 Å². The SMILES string of the molecule is CC(C)CN(CC(=O)O)c1ncnc2c1CCCC2. The van der Waals surface area contributed by atoms with Crippen LogP contribution in [0.2, 0.25) is 0 Å². The van der Waals surface area contributed by atoms with Crippen LogP contribution in [0.25, 0.3) is 0 Å². The fraction of sp³-hybridized carbons (Fsp3) is 0.643. The number of fused-ring (bicyclic) bond motifs is 1. The number of carboxylic acids is 1. The molecule has 1 aromatic heterocycles. The molecule has 0 saturated carbocycles. The minimum absolute atomic E-state index is 0.00162. The quantitative estimate of drug-likeness (QED) is 0.879. The van der Waals surface area contributed by atoms with Crippen molar-refractivity contribution in [2.75, 3.05) is 18.0 Å². The minimum atomic E-state index is -0.816. The molecule has 1 aliphatic carbocycles. The topological polar surface area (TPSA) is 66.3 Å². The first-order chi connectivity index (χ1) is 9.08. The van der Waals surface area contributed by atoms with Gasteiger partial charge in [0.2, 0.25) is 0 Å². The van der Waals surface area contributed by atoms with Crippen molar-refractivity contribution in [3.05, 3.63) is 17.6 Å². The Morgan fingerprint density at radius 3 is 2.79 bits per heavy atom. The number of aliphatic carboxylic acids is 1. The Morgan fingerprint density at radius 1 is 1.37 bits per heavy atom. The van der Waals surface area contributed by atoms with Crippen molar-refractivity contribution in [2.24, 2.45) is 5.92 Å². The molecule has 0 bridgehead atoms. The molecule has 1 aromatic rings. The molecule has 0 spiro atoms. The third-order valence-electron chi connectivity index (χ3n) is 3.31. The Balaban J connectivity index is 2.32. The Kier molecular flexibility index (Phi) is 4.35. The van der Waals surface area contributed by atoms with Gasteiger partial charge in [0.05, 0.1) is 0 Å². The van der Waals surface area contributed by atoms with Crippen molar-refractivity contribution in [3.63, 3.8) is 0 Å². The number of aromatic nitrogens is 2. The van der Waals surface area contributed by atoms with Gasteiger partial charge in [0, 0.05) is 17.8 Å². The molecule has 5 nitrogen and oxygen atoms in total. The van der Waals surface area contributed by atoms with Crippen LogP contribution in [0, 0.1) is 5.92 Å². The molecule has 0 unspecified atom stereocenters. The van der Waals surface area contributed by atoms with E-state index in [2.05, 4.69) is 23.8 Å². The van der Waals surface area contributed by atoms with Gasteiger partial charge in [-0.1, -0.05) is 13.8 Å². The van der Waals surface area contributed by atoms with Gasteiger partial charge in [-0.15, -0.1) is 0 Å². The summed E-state index contributed by atoms with van der Waals surface area (Å²) < 4.78 is 0. The van der Waals surface area contributed by atoms with Crippen LogP contribution >= 0.6 is 0 Å². The predicted octanol–water partition coefficient (Wildman–Crippen LogP) is 1.90. The number of aryl methyl sites for hydroxylation is 1. The zero-order valence-electron chi connectivity index (χ0n) is 11.6. The molecule has 2 rings (SSSR count). The van der Waals surface area contributed by atoms with Crippen molar-refractivity contribution in [2.45, 2.75) is 39.5 Å². The number of rotatable bonds is 5. The highest BCUT2D eigenvalue weighted by Gasteiger charge is 2.21. The van der Waals surface area contributed by atoms with Crippen LogP contribution in [0.4, 0.5) is 5.82 Å². The average molecular weight is 263 g/mol. The van der Waals surface area contributed by atoms with Crippen molar-refractivity contribution in [1.29, 1.82) is 0 Å². The van der Waals surface area contributed by atoms with Gasteiger partial charge in [0.1, 0.15) is 18.7 Å². The fourth-order valence-electron chi connectivity index (χ4n) is 2.61. The molecule has 0 saturated heterocycles.